The van der Waals surface area contributed by atoms with Crippen LogP contribution in [-0.4, -0.2) is 15.5 Å². The zero-order valence-corrected chi connectivity index (χ0v) is 11.0. The first-order valence-corrected chi connectivity index (χ1v) is 5.77. The molecule has 1 aromatic heterocycles. The van der Waals surface area contributed by atoms with Crippen molar-refractivity contribution in [3.63, 3.8) is 0 Å². The number of nitrogens with one attached hydrogen (secondary N) is 1. The fourth-order valence-electron chi connectivity index (χ4n) is 2.15. The summed E-state index contributed by atoms with van der Waals surface area (Å²) >= 11 is 0. The normalized spacial score (nSPS) is 12.8. The van der Waals surface area contributed by atoms with Crippen LogP contribution in [0.3, 0.4) is 0 Å². The molecule has 0 aliphatic carbocycles. The zero-order chi connectivity index (χ0) is 12.2. The summed E-state index contributed by atoms with van der Waals surface area (Å²) < 4.78 is 0. The SMILES string of the molecule is CC(C)(C)CC(C)(C)NCc1cncnc1. The molecule has 0 unspecified atom stereocenters. The van der Waals surface area contributed by atoms with Crippen LogP contribution in [0.1, 0.15) is 46.6 Å². The van der Waals surface area contributed by atoms with Crippen LogP contribution < -0.4 is 5.32 Å². The summed E-state index contributed by atoms with van der Waals surface area (Å²) in [6.07, 6.45) is 6.40. The molecule has 0 saturated heterocycles. The first kappa shape index (κ1) is 13.1. The Morgan fingerprint density at radius 1 is 1.06 bits per heavy atom. The molecule has 1 N–H and O–H groups in total. The van der Waals surface area contributed by atoms with Crippen molar-refractivity contribution in [2.45, 2.75) is 53.1 Å². The predicted molar refractivity (Wildman–Crippen MR) is 67.0 cm³/mol. The second kappa shape index (κ2) is 4.91. The summed E-state index contributed by atoms with van der Waals surface area (Å²) in [4.78, 5) is 8.02. The summed E-state index contributed by atoms with van der Waals surface area (Å²) in [6, 6.07) is 0. The fraction of sp³-hybridized carbons (Fsp3) is 0.692. The van der Waals surface area contributed by atoms with Crippen LogP contribution in [0.2, 0.25) is 0 Å². The Labute approximate surface area is 98.7 Å². The summed E-state index contributed by atoms with van der Waals surface area (Å²) in [7, 11) is 0. The van der Waals surface area contributed by atoms with Crippen molar-refractivity contribution in [2.75, 3.05) is 0 Å². The summed E-state index contributed by atoms with van der Waals surface area (Å²) in [5, 5.41) is 3.55. The first-order valence-electron chi connectivity index (χ1n) is 5.77. The Balaban J connectivity index is 2.48. The van der Waals surface area contributed by atoms with Gasteiger partial charge in [0.1, 0.15) is 6.33 Å². The molecule has 0 fully saturated rings. The topological polar surface area (TPSA) is 37.8 Å². The van der Waals surface area contributed by atoms with E-state index in [9.17, 15) is 0 Å². The number of rotatable bonds is 4. The maximum absolute atomic E-state index is 4.01. The molecule has 0 saturated carbocycles. The Morgan fingerprint density at radius 2 is 1.62 bits per heavy atom. The molecule has 0 bridgehead atoms. The molecule has 1 heterocycles. The lowest BCUT2D eigenvalue weighted by Gasteiger charge is -2.33. The number of nitrogens with zero attached hydrogens (tertiary/aromatic N) is 2. The van der Waals surface area contributed by atoms with Crippen molar-refractivity contribution in [3.05, 3.63) is 24.3 Å². The highest BCUT2D eigenvalue weighted by molar-refractivity contribution is 5.02. The molecule has 0 aromatic carbocycles. The van der Waals surface area contributed by atoms with Gasteiger partial charge in [0.15, 0.2) is 0 Å². The monoisotopic (exact) mass is 221 g/mol. The van der Waals surface area contributed by atoms with Gasteiger partial charge in [-0.05, 0) is 25.7 Å². The highest BCUT2D eigenvalue weighted by atomic mass is 15.0. The average molecular weight is 221 g/mol. The van der Waals surface area contributed by atoms with E-state index in [1.54, 1.807) is 6.33 Å². The van der Waals surface area contributed by atoms with Crippen molar-refractivity contribution >= 4 is 0 Å². The van der Waals surface area contributed by atoms with Crippen molar-refractivity contribution in [2.24, 2.45) is 5.41 Å². The first-order chi connectivity index (χ1) is 7.29. The lowest BCUT2D eigenvalue weighted by Crippen LogP contribution is -2.41. The van der Waals surface area contributed by atoms with Crippen LogP contribution in [0.4, 0.5) is 0 Å². The molecule has 0 aliphatic rings. The molecule has 3 heteroatoms. The molecule has 3 nitrogen and oxygen atoms in total. The van der Waals surface area contributed by atoms with E-state index in [1.807, 2.05) is 12.4 Å². The lowest BCUT2D eigenvalue weighted by molar-refractivity contribution is 0.240. The minimum atomic E-state index is 0.133. The quantitative estimate of drug-likeness (QED) is 0.849. The molecule has 0 atom stereocenters. The van der Waals surface area contributed by atoms with Gasteiger partial charge >= 0.3 is 0 Å². The maximum atomic E-state index is 4.01. The number of hydrogen-bond acceptors (Lipinski definition) is 3. The third kappa shape index (κ3) is 5.21. The molecule has 0 radical (unpaired) electrons. The predicted octanol–water partition coefficient (Wildman–Crippen LogP) is 2.78. The van der Waals surface area contributed by atoms with Gasteiger partial charge < -0.3 is 5.32 Å². The molecule has 0 aliphatic heterocycles. The minimum absolute atomic E-state index is 0.133. The van der Waals surface area contributed by atoms with Crippen LogP contribution in [0.15, 0.2) is 18.7 Å². The smallest absolute Gasteiger partial charge is 0.115 e. The Bertz CT molecular complexity index is 312. The number of aromatic nitrogens is 2. The molecule has 1 aromatic rings. The summed E-state index contributed by atoms with van der Waals surface area (Å²) in [5.41, 5.74) is 1.60. The van der Waals surface area contributed by atoms with E-state index in [2.05, 4.69) is 49.9 Å². The van der Waals surface area contributed by atoms with Crippen LogP contribution in [0.5, 0.6) is 0 Å². The molecular weight excluding hydrogens is 198 g/mol. The van der Waals surface area contributed by atoms with E-state index in [0.29, 0.717) is 5.41 Å². The van der Waals surface area contributed by atoms with E-state index in [1.165, 1.54) is 0 Å². The molecule has 0 amide bonds. The second-order valence-corrected chi connectivity index (χ2v) is 6.22. The lowest BCUT2D eigenvalue weighted by atomic mass is 9.82. The minimum Gasteiger partial charge on any atom is -0.308 e. The van der Waals surface area contributed by atoms with Gasteiger partial charge in [0.2, 0.25) is 0 Å². The molecule has 90 valence electrons. The molecule has 16 heavy (non-hydrogen) atoms. The third-order valence-corrected chi connectivity index (χ3v) is 2.36. The Morgan fingerprint density at radius 3 is 2.12 bits per heavy atom. The van der Waals surface area contributed by atoms with Crippen LogP contribution >= 0.6 is 0 Å². The Hall–Kier alpha value is -0.960. The number of hydrogen-bond donors (Lipinski definition) is 1. The highest BCUT2D eigenvalue weighted by Crippen LogP contribution is 2.26. The Kier molecular flexibility index (Phi) is 4.03. The van der Waals surface area contributed by atoms with Gasteiger partial charge in [-0.3, -0.25) is 0 Å². The van der Waals surface area contributed by atoms with E-state index in [-0.39, 0.29) is 5.54 Å². The van der Waals surface area contributed by atoms with Crippen LogP contribution in [-0.2, 0) is 6.54 Å². The van der Waals surface area contributed by atoms with Crippen LogP contribution in [0.25, 0.3) is 0 Å². The third-order valence-electron chi connectivity index (χ3n) is 2.36. The van der Waals surface area contributed by atoms with Crippen LogP contribution in [0, 0.1) is 5.41 Å². The molecular formula is C13H23N3. The molecule has 0 spiro atoms. The van der Waals surface area contributed by atoms with Gasteiger partial charge in [-0.25, -0.2) is 9.97 Å². The van der Waals surface area contributed by atoms with Gasteiger partial charge in [-0.2, -0.15) is 0 Å². The van der Waals surface area contributed by atoms with E-state index in [0.717, 1.165) is 18.5 Å². The van der Waals surface area contributed by atoms with Gasteiger partial charge in [0, 0.05) is 30.0 Å². The van der Waals surface area contributed by atoms with Crippen molar-refractivity contribution < 1.29 is 0 Å². The van der Waals surface area contributed by atoms with Crippen molar-refractivity contribution in [1.29, 1.82) is 0 Å². The molecule has 1 rings (SSSR count). The standard InChI is InChI=1S/C13H23N3/c1-12(2,3)9-13(4,5)16-8-11-6-14-10-15-7-11/h6-7,10,16H,8-9H2,1-5H3. The van der Waals surface area contributed by atoms with E-state index in [4.69, 9.17) is 0 Å². The average Bonchev–Trinajstić information content (AvgIpc) is 2.13. The van der Waals surface area contributed by atoms with E-state index >= 15 is 0 Å². The summed E-state index contributed by atoms with van der Waals surface area (Å²) in [6.45, 7) is 12.1. The largest absolute Gasteiger partial charge is 0.308 e. The zero-order valence-electron chi connectivity index (χ0n) is 11.0. The highest BCUT2D eigenvalue weighted by Gasteiger charge is 2.24. The van der Waals surface area contributed by atoms with Gasteiger partial charge in [-0.15, -0.1) is 0 Å². The van der Waals surface area contributed by atoms with E-state index < -0.39 is 0 Å². The van der Waals surface area contributed by atoms with Gasteiger partial charge in [0.25, 0.3) is 0 Å². The van der Waals surface area contributed by atoms with Crippen molar-refractivity contribution in [1.82, 2.24) is 15.3 Å². The van der Waals surface area contributed by atoms with Gasteiger partial charge in [-0.1, -0.05) is 20.8 Å². The fourth-order valence-corrected chi connectivity index (χ4v) is 2.15. The van der Waals surface area contributed by atoms with Crippen molar-refractivity contribution in [3.8, 4) is 0 Å². The maximum Gasteiger partial charge on any atom is 0.115 e. The second-order valence-electron chi connectivity index (χ2n) is 6.22. The summed E-state index contributed by atoms with van der Waals surface area (Å²) in [5.74, 6) is 0. The van der Waals surface area contributed by atoms with Gasteiger partial charge in [0.05, 0.1) is 0 Å².